The molecule has 9 atom stereocenters. The molecule has 1 aliphatic rings. The van der Waals surface area contributed by atoms with Gasteiger partial charge in [-0.15, -0.1) is 0 Å². The van der Waals surface area contributed by atoms with Crippen LogP contribution in [0.3, 0.4) is 0 Å². The van der Waals surface area contributed by atoms with E-state index in [0.29, 0.717) is 19.3 Å². The summed E-state index contributed by atoms with van der Waals surface area (Å²) in [6.45, 7) is 2.79. The maximum Gasteiger partial charge on any atom is 0.472 e. The smallest absolute Gasteiger partial charge is 0.462 e. The van der Waals surface area contributed by atoms with Crippen LogP contribution in [0.2, 0.25) is 0 Å². The highest BCUT2D eigenvalue weighted by Gasteiger charge is 2.54. The number of ether oxygens (including phenoxy) is 2. The molecule has 1 fully saturated rings. The molecule has 1 saturated carbocycles. The molecule has 0 bridgehead atoms. The lowest BCUT2D eigenvalue weighted by Gasteiger charge is -2.43. The van der Waals surface area contributed by atoms with Gasteiger partial charge in [-0.2, -0.15) is 0 Å². The van der Waals surface area contributed by atoms with Crippen LogP contribution in [0.15, 0.2) is 97.2 Å². The Morgan fingerprint density at radius 1 is 0.559 bits per heavy atom. The third-order valence-corrected chi connectivity index (χ3v) is 11.7. The van der Waals surface area contributed by atoms with Crippen LogP contribution in [-0.4, -0.2) is 114 Å². The molecule has 19 heteroatoms. The van der Waals surface area contributed by atoms with Crippen LogP contribution in [0, 0.1) is 0 Å². The van der Waals surface area contributed by atoms with Crippen LogP contribution in [0.25, 0.3) is 0 Å². The zero-order chi connectivity index (χ0) is 50.5. The van der Waals surface area contributed by atoms with E-state index in [1.165, 1.54) is 19.3 Å². The third kappa shape index (κ3) is 32.6. The van der Waals surface area contributed by atoms with E-state index in [9.17, 15) is 58.9 Å². The molecule has 68 heavy (non-hydrogen) atoms. The van der Waals surface area contributed by atoms with Gasteiger partial charge in [-0.3, -0.25) is 23.2 Å². The van der Waals surface area contributed by atoms with E-state index in [1.807, 2.05) is 67.7 Å². The number of phosphoric acid groups is 2. The number of carbonyl (C=O) groups excluding carboxylic acids is 2. The van der Waals surface area contributed by atoms with Crippen molar-refractivity contribution in [3.63, 3.8) is 0 Å². The topological polar surface area (TPSA) is 276 Å². The summed E-state index contributed by atoms with van der Waals surface area (Å²) in [5, 5.41) is 51.1. The van der Waals surface area contributed by atoms with E-state index < -0.39 is 89.6 Å². The van der Waals surface area contributed by atoms with E-state index >= 15 is 0 Å². The lowest BCUT2D eigenvalue weighted by atomic mass is 9.85. The van der Waals surface area contributed by atoms with Crippen molar-refractivity contribution in [3.8, 4) is 0 Å². The largest absolute Gasteiger partial charge is 0.472 e. The average Bonchev–Trinajstić information content (AvgIpc) is 3.29. The summed E-state index contributed by atoms with van der Waals surface area (Å²) in [5.74, 6) is -1.35. The number of hydrogen-bond acceptors (Lipinski definition) is 14. The van der Waals surface area contributed by atoms with Crippen LogP contribution < -0.4 is 0 Å². The van der Waals surface area contributed by atoms with Crippen LogP contribution in [0.1, 0.15) is 136 Å². The normalized spacial score (nSPS) is 22.6. The van der Waals surface area contributed by atoms with Crippen molar-refractivity contribution in [1.82, 2.24) is 0 Å². The number of rotatable bonds is 38. The van der Waals surface area contributed by atoms with Gasteiger partial charge >= 0.3 is 27.6 Å². The second-order valence-electron chi connectivity index (χ2n) is 16.3. The van der Waals surface area contributed by atoms with Crippen molar-refractivity contribution in [1.29, 1.82) is 0 Å². The first-order chi connectivity index (χ1) is 32.5. The maximum atomic E-state index is 13.0. The highest BCUT2D eigenvalue weighted by atomic mass is 31.2. The van der Waals surface area contributed by atoms with Crippen molar-refractivity contribution >= 4 is 27.6 Å². The summed E-state index contributed by atoms with van der Waals surface area (Å²) in [7, 11) is -10.7. The molecule has 1 aliphatic carbocycles. The number of unbranched alkanes of at least 4 members (excludes halogenated alkanes) is 8. The van der Waals surface area contributed by atoms with Gasteiger partial charge in [-0.25, -0.2) is 9.13 Å². The molecule has 0 heterocycles. The van der Waals surface area contributed by atoms with E-state index in [2.05, 4.69) is 35.8 Å². The molecule has 17 nitrogen and oxygen atoms in total. The van der Waals surface area contributed by atoms with Gasteiger partial charge in [-0.1, -0.05) is 143 Å². The standard InChI is InChI=1S/C49H80O17P2/c1-3-5-7-8-9-10-11-12-13-16-19-22-25-28-32-36-42(51)62-38-41(39-63-68(60,61)66-49-46(55)44(53)45(54)48(47(49)56)65-67(57,58)59)64-43(52)37-33-29-26-23-20-17-14-15-18-21-24-27-31-35-40(50)34-30-6-4-2/h6,9-10,12-13,15,17-18,20,24,26-27,29-31,35,40-41,44-50,53-56H,3-5,7-8,11,14,16,19,21-23,25,28,32-34,36-39H2,1-2H3,(H,60,61)(H2,57,58,59)/b10-9-,13-12-,18-15-,20-17-,27-24+,29-26-,30-6-,35-31+/t40?,41-,44?,45?,46?,47?,48-,49+/m1/s1. The van der Waals surface area contributed by atoms with Crippen LogP contribution >= 0.6 is 15.6 Å². The number of carbonyl (C=O) groups is 2. The Balaban J connectivity index is 2.68. The molecule has 0 aromatic heterocycles. The number of aliphatic hydroxyl groups excluding tert-OH is 5. The molecule has 0 saturated heterocycles. The summed E-state index contributed by atoms with van der Waals surface area (Å²) in [5.41, 5.74) is 0. The van der Waals surface area contributed by atoms with Gasteiger partial charge in [0.2, 0.25) is 0 Å². The predicted molar refractivity (Wildman–Crippen MR) is 261 cm³/mol. The average molecular weight is 1000 g/mol. The van der Waals surface area contributed by atoms with E-state index in [-0.39, 0.29) is 19.3 Å². The number of esters is 2. The van der Waals surface area contributed by atoms with Crippen LogP contribution in [0.4, 0.5) is 0 Å². The molecular weight excluding hydrogens is 922 g/mol. The third-order valence-electron chi connectivity index (χ3n) is 10.2. The van der Waals surface area contributed by atoms with Gasteiger partial charge in [0.1, 0.15) is 43.2 Å². The lowest BCUT2D eigenvalue weighted by molar-refractivity contribution is -0.216. The van der Waals surface area contributed by atoms with Gasteiger partial charge in [0.05, 0.1) is 12.7 Å². The molecule has 0 aliphatic heterocycles. The van der Waals surface area contributed by atoms with Crippen LogP contribution in [0.5, 0.6) is 0 Å². The Labute approximate surface area is 403 Å². The van der Waals surface area contributed by atoms with Crippen molar-refractivity contribution < 1.29 is 82.0 Å². The molecule has 0 aromatic rings. The summed E-state index contributed by atoms with van der Waals surface area (Å²) in [6, 6.07) is 0. The second kappa shape index (κ2) is 38.6. The molecule has 0 aromatic carbocycles. The van der Waals surface area contributed by atoms with E-state index in [4.69, 9.17) is 18.5 Å². The van der Waals surface area contributed by atoms with Crippen molar-refractivity contribution in [2.24, 2.45) is 0 Å². The summed E-state index contributed by atoms with van der Waals surface area (Å²) >= 11 is 0. The number of phosphoric ester groups is 2. The Morgan fingerprint density at radius 2 is 1.10 bits per heavy atom. The second-order valence-corrected chi connectivity index (χ2v) is 18.9. The Morgan fingerprint density at radius 3 is 1.71 bits per heavy atom. The molecule has 388 valence electrons. The van der Waals surface area contributed by atoms with Crippen molar-refractivity contribution in [2.45, 2.75) is 185 Å². The molecule has 6 unspecified atom stereocenters. The van der Waals surface area contributed by atoms with Gasteiger partial charge in [0.25, 0.3) is 0 Å². The first-order valence-corrected chi connectivity index (χ1v) is 26.9. The summed E-state index contributed by atoms with van der Waals surface area (Å²) in [4.78, 5) is 54.3. The van der Waals surface area contributed by atoms with E-state index in [1.54, 1.807) is 12.2 Å². The van der Waals surface area contributed by atoms with Crippen LogP contribution in [-0.2, 0) is 41.8 Å². The molecule has 8 N–H and O–H groups in total. The Hall–Kier alpha value is -3.12. The summed E-state index contributed by atoms with van der Waals surface area (Å²) < 4.78 is 49.3. The lowest BCUT2D eigenvalue weighted by Crippen LogP contribution is -2.64. The molecule has 0 radical (unpaired) electrons. The zero-order valence-corrected chi connectivity index (χ0v) is 41.6. The monoisotopic (exact) mass is 1000 g/mol. The van der Waals surface area contributed by atoms with Crippen molar-refractivity contribution in [3.05, 3.63) is 97.2 Å². The Bertz CT molecular complexity index is 1700. The maximum absolute atomic E-state index is 13.0. The van der Waals surface area contributed by atoms with Gasteiger partial charge in [-0.05, 0) is 77.0 Å². The minimum absolute atomic E-state index is 0.0754. The fourth-order valence-electron chi connectivity index (χ4n) is 6.52. The highest BCUT2D eigenvalue weighted by Crippen LogP contribution is 2.49. The van der Waals surface area contributed by atoms with Crippen molar-refractivity contribution in [2.75, 3.05) is 13.2 Å². The quantitative estimate of drug-likeness (QED) is 0.00953. The minimum Gasteiger partial charge on any atom is -0.462 e. The Kier molecular flexibility index (Phi) is 35.7. The summed E-state index contributed by atoms with van der Waals surface area (Å²) in [6.07, 6.45) is 31.3. The first-order valence-electron chi connectivity index (χ1n) is 23.9. The van der Waals surface area contributed by atoms with E-state index in [0.717, 1.165) is 64.2 Å². The predicted octanol–water partition coefficient (Wildman–Crippen LogP) is 8.14. The zero-order valence-electron chi connectivity index (χ0n) is 39.9. The number of hydrogen-bond donors (Lipinski definition) is 8. The van der Waals surface area contributed by atoms with Gasteiger partial charge in [0, 0.05) is 12.8 Å². The van der Waals surface area contributed by atoms with Gasteiger partial charge in [0.15, 0.2) is 6.10 Å². The molecule has 0 spiro atoms. The number of allylic oxidation sites excluding steroid dienone is 14. The van der Waals surface area contributed by atoms with Gasteiger partial charge < -0.3 is 49.7 Å². The molecule has 1 rings (SSSR count). The molecular formula is C49H80O17P2. The number of aliphatic hydroxyl groups is 5. The SMILES string of the molecule is CC/C=C\CC(O)/C=C/C=C/C/C=C\C/C=C\C/C=C\CCC(=O)O[C@H](COC(=O)CCCCCCC/C=C\C/C=C\CCCCC)COP(=O)(O)O[C@H]1C(O)C(O)C(O)[C@@H](OP(=O)(O)O)C1O. The molecule has 0 amide bonds. The first kappa shape index (κ1) is 62.9. The highest BCUT2D eigenvalue weighted by molar-refractivity contribution is 7.47. The fourth-order valence-corrected chi connectivity index (χ4v) is 8.06. The fraction of sp³-hybridized carbons (Fsp3) is 0.633. The minimum atomic E-state index is -5.38.